The van der Waals surface area contributed by atoms with Crippen LogP contribution in [0, 0.1) is 5.82 Å². The Morgan fingerprint density at radius 2 is 2.00 bits per heavy atom. The molecule has 1 aromatic rings. The molecule has 0 saturated carbocycles. The van der Waals surface area contributed by atoms with Gasteiger partial charge in [0.05, 0.1) is 12.8 Å². The highest BCUT2D eigenvalue weighted by Crippen LogP contribution is 2.16. The second-order valence-corrected chi connectivity index (χ2v) is 3.34. The summed E-state index contributed by atoms with van der Waals surface area (Å²) in [5.74, 6) is -0.320. The number of nitrogens with one attached hydrogen (secondary N) is 1. The number of rotatable bonds is 3. The van der Waals surface area contributed by atoms with Crippen LogP contribution in [0.15, 0.2) is 24.3 Å². The highest BCUT2D eigenvalue weighted by Gasteiger charge is 2.14. The van der Waals surface area contributed by atoms with Crippen LogP contribution in [-0.2, 0) is 0 Å². The molecule has 4 heteroatoms. The Bertz CT molecular complexity index is 294. The summed E-state index contributed by atoms with van der Waals surface area (Å²) < 4.78 is 23.1. The summed E-state index contributed by atoms with van der Waals surface area (Å²) in [4.78, 5) is 0. The van der Waals surface area contributed by atoms with Crippen LogP contribution < -0.4 is 5.32 Å². The number of hydrogen-bond donors (Lipinski definition) is 2. The quantitative estimate of drug-likeness (QED) is 0.837. The number of alkyl halides is 1. The van der Waals surface area contributed by atoms with E-state index in [1.165, 1.54) is 19.1 Å². The molecule has 0 amide bonds. The maximum Gasteiger partial charge on any atom is 0.123 e. The zero-order valence-corrected chi connectivity index (χ0v) is 9.87. The first-order valence-corrected chi connectivity index (χ1v) is 5.23. The first-order chi connectivity index (χ1) is 7.56. The van der Waals surface area contributed by atoms with Gasteiger partial charge in [-0.05, 0) is 38.6 Å². The predicted molar refractivity (Wildman–Crippen MR) is 61.5 cm³/mol. The van der Waals surface area contributed by atoms with Crippen molar-refractivity contribution in [2.75, 3.05) is 13.7 Å². The standard InChI is InChI=1S/C10H14FNO.C2H5F/c1-7(12-2)10(13)8-4-3-5-9(11)6-8;1-2-3/h3-7,10,12-13H,1-2H3;2H2,1H3. The summed E-state index contributed by atoms with van der Waals surface area (Å²) in [6.07, 6.45) is -0.666. The number of halogens is 2. The molecule has 0 fully saturated rings. The normalized spacial score (nSPS) is 13.6. The molecule has 1 rings (SSSR count). The molecule has 2 atom stereocenters. The average molecular weight is 231 g/mol. The Kier molecular flexibility index (Phi) is 7.68. The van der Waals surface area contributed by atoms with Crippen molar-refractivity contribution in [3.05, 3.63) is 35.6 Å². The molecule has 0 aromatic heterocycles. The van der Waals surface area contributed by atoms with E-state index in [2.05, 4.69) is 5.32 Å². The van der Waals surface area contributed by atoms with Crippen molar-refractivity contribution in [2.45, 2.75) is 26.0 Å². The molecule has 92 valence electrons. The van der Waals surface area contributed by atoms with E-state index in [-0.39, 0.29) is 18.5 Å². The first-order valence-electron chi connectivity index (χ1n) is 5.23. The topological polar surface area (TPSA) is 32.3 Å². The van der Waals surface area contributed by atoms with Crippen LogP contribution in [0.25, 0.3) is 0 Å². The van der Waals surface area contributed by atoms with E-state index >= 15 is 0 Å². The van der Waals surface area contributed by atoms with E-state index in [1.54, 1.807) is 19.2 Å². The summed E-state index contributed by atoms with van der Waals surface area (Å²) in [7, 11) is 1.76. The van der Waals surface area contributed by atoms with E-state index in [0.29, 0.717) is 5.56 Å². The summed E-state index contributed by atoms with van der Waals surface area (Å²) >= 11 is 0. The van der Waals surface area contributed by atoms with Crippen molar-refractivity contribution in [3.8, 4) is 0 Å². The van der Waals surface area contributed by atoms with Gasteiger partial charge in [0.25, 0.3) is 0 Å². The zero-order valence-electron chi connectivity index (χ0n) is 9.87. The molecule has 0 bridgehead atoms. The number of benzene rings is 1. The minimum atomic E-state index is -0.666. The van der Waals surface area contributed by atoms with E-state index in [4.69, 9.17) is 0 Å². The lowest BCUT2D eigenvalue weighted by atomic mass is 10.0. The minimum absolute atomic E-state index is 0.0817. The van der Waals surface area contributed by atoms with Gasteiger partial charge < -0.3 is 10.4 Å². The van der Waals surface area contributed by atoms with Gasteiger partial charge in [0.2, 0.25) is 0 Å². The summed E-state index contributed by atoms with van der Waals surface area (Å²) in [5.41, 5.74) is 0.599. The molecule has 0 aliphatic heterocycles. The average Bonchev–Trinajstić information content (AvgIpc) is 2.28. The van der Waals surface area contributed by atoms with E-state index in [0.717, 1.165) is 0 Å². The van der Waals surface area contributed by atoms with Gasteiger partial charge in [0.15, 0.2) is 0 Å². The van der Waals surface area contributed by atoms with Gasteiger partial charge in [-0.3, -0.25) is 4.39 Å². The van der Waals surface area contributed by atoms with Crippen LogP contribution >= 0.6 is 0 Å². The lowest BCUT2D eigenvalue weighted by Crippen LogP contribution is -2.28. The summed E-state index contributed by atoms with van der Waals surface area (Å²) in [5, 5.41) is 12.6. The van der Waals surface area contributed by atoms with Crippen molar-refractivity contribution in [1.82, 2.24) is 5.32 Å². The Hall–Kier alpha value is -1.00. The maximum atomic E-state index is 12.8. The van der Waals surface area contributed by atoms with Gasteiger partial charge in [-0.1, -0.05) is 12.1 Å². The van der Waals surface area contributed by atoms with Crippen LogP contribution in [-0.4, -0.2) is 24.9 Å². The van der Waals surface area contributed by atoms with Crippen molar-refractivity contribution < 1.29 is 13.9 Å². The van der Waals surface area contributed by atoms with Crippen LogP contribution in [0.4, 0.5) is 8.78 Å². The largest absolute Gasteiger partial charge is 0.387 e. The van der Waals surface area contributed by atoms with Crippen LogP contribution in [0.2, 0.25) is 0 Å². The Morgan fingerprint density at radius 3 is 2.44 bits per heavy atom. The predicted octanol–water partition coefficient (Wildman–Crippen LogP) is 2.44. The van der Waals surface area contributed by atoms with Gasteiger partial charge in [-0.15, -0.1) is 0 Å². The van der Waals surface area contributed by atoms with E-state index in [9.17, 15) is 13.9 Å². The van der Waals surface area contributed by atoms with E-state index in [1.807, 2.05) is 6.92 Å². The van der Waals surface area contributed by atoms with Gasteiger partial charge in [0, 0.05) is 6.04 Å². The number of hydrogen-bond acceptors (Lipinski definition) is 2. The Morgan fingerprint density at radius 1 is 1.44 bits per heavy atom. The van der Waals surface area contributed by atoms with E-state index < -0.39 is 6.10 Å². The molecule has 2 N–H and O–H groups in total. The molecule has 16 heavy (non-hydrogen) atoms. The van der Waals surface area contributed by atoms with Crippen LogP contribution in [0.3, 0.4) is 0 Å². The third-order valence-electron chi connectivity index (χ3n) is 2.12. The maximum absolute atomic E-state index is 12.8. The molecule has 0 aliphatic rings. The Balaban J connectivity index is 0.000000673. The third-order valence-corrected chi connectivity index (χ3v) is 2.12. The lowest BCUT2D eigenvalue weighted by Gasteiger charge is -2.18. The summed E-state index contributed by atoms with van der Waals surface area (Å²) in [6, 6.07) is 5.93. The molecule has 2 nitrogen and oxygen atoms in total. The molecule has 0 spiro atoms. The second-order valence-electron chi connectivity index (χ2n) is 3.34. The molecule has 1 aromatic carbocycles. The van der Waals surface area contributed by atoms with Crippen LogP contribution in [0.1, 0.15) is 25.5 Å². The lowest BCUT2D eigenvalue weighted by molar-refractivity contribution is 0.140. The smallest absolute Gasteiger partial charge is 0.123 e. The van der Waals surface area contributed by atoms with Gasteiger partial charge >= 0.3 is 0 Å². The molecule has 0 heterocycles. The van der Waals surface area contributed by atoms with Crippen LogP contribution in [0.5, 0.6) is 0 Å². The summed E-state index contributed by atoms with van der Waals surface area (Å²) in [6.45, 7) is 3.05. The first kappa shape index (κ1) is 15.0. The SMILES string of the molecule is CCF.CNC(C)C(O)c1cccc(F)c1. The molecule has 2 unspecified atom stereocenters. The zero-order chi connectivity index (χ0) is 12.6. The number of aliphatic hydroxyl groups excluding tert-OH is 1. The Labute approximate surface area is 95.3 Å². The van der Waals surface area contributed by atoms with Crippen molar-refractivity contribution in [3.63, 3.8) is 0 Å². The van der Waals surface area contributed by atoms with Crippen molar-refractivity contribution >= 4 is 0 Å². The monoisotopic (exact) mass is 231 g/mol. The molecule has 0 saturated heterocycles. The highest BCUT2D eigenvalue weighted by molar-refractivity contribution is 5.19. The molecule has 0 radical (unpaired) electrons. The fourth-order valence-corrected chi connectivity index (χ4v) is 1.14. The fraction of sp³-hybridized carbons (Fsp3) is 0.500. The molecular formula is C12H19F2NO. The fourth-order valence-electron chi connectivity index (χ4n) is 1.14. The van der Waals surface area contributed by atoms with Crippen molar-refractivity contribution in [2.24, 2.45) is 0 Å². The minimum Gasteiger partial charge on any atom is -0.387 e. The third kappa shape index (κ3) is 5.19. The second kappa shape index (κ2) is 8.19. The van der Waals surface area contributed by atoms with Gasteiger partial charge in [-0.2, -0.15) is 0 Å². The molecular weight excluding hydrogens is 212 g/mol. The highest BCUT2D eigenvalue weighted by atomic mass is 19.1. The van der Waals surface area contributed by atoms with Crippen molar-refractivity contribution in [1.29, 1.82) is 0 Å². The van der Waals surface area contributed by atoms with Gasteiger partial charge in [0.1, 0.15) is 5.82 Å². The molecule has 0 aliphatic carbocycles. The van der Waals surface area contributed by atoms with Gasteiger partial charge in [-0.25, -0.2) is 4.39 Å². The number of aliphatic hydroxyl groups is 1. The number of likely N-dealkylation sites (N-methyl/N-ethyl adjacent to an activating group) is 1.